The second-order valence-electron chi connectivity index (χ2n) is 3.77. The predicted molar refractivity (Wildman–Crippen MR) is 67.2 cm³/mol. The van der Waals surface area contributed by atoms with E-state index in [0.29, 0.717) is 23.0 Å². The van der Waals surface area contributed by atoms with Crippen molar-refractivity contribution < 1.29 is 4.79 Å². The Morgan fingerprint density at radius 1 is 1.53 bits per heavy atom. The van der Waals surface area contributed by atoms with Crippen molar-refractivity contribution in [2.24, 2.45) is 5.92 Å². The molecule has 0 aliphatic rings. The standard InChI is InChI=1S/C11H13BrClNO/c1-7(2)5-11(15)14-10-4-3-8(12)6-9(10)13/h3-4,6-7H,5H2,1-2H3,(H,14,15). The maximum Gasteiger partial charge on any atom is 0.224 e. The molecule has 0 unspecified atom stereocenters. The Hall–Kier alpha value is -0.540. The molecule has 0 heterocycles. The number of benzene rings is 1. The highest BCUT2D eigenvalue weighted by atomic mass is 79.9. The molecule has 0 aliphatic carbocycles. The lowest BCUT2D eigenvalue weighted by molar-refractivity contribution is -0.116. The van der Waals surface area contributed by atoms with E-state index < -0.39 is 0 Å². The number of carbonyl (C=O) groups is 1. The summed E-state index contributed by atoms with van der Waals surface area (Å²) in [6, 6.07) is 5.38. The fourth-order valence-electron chi connectivity index (χ4n) is 1.16. The zero-order valence-electron chi connectivity index (χ0n) is 8.68. The van der Waals surface area contributed by atoms with Gasteiger partial charge in [-0.2, -0.15) is 0 Å². The fraction of sp³-hybridized carbons (Fsp3) is 0.364. The number of halogens is 2. The summed E-state index contributed by atoms with van der Waals surface area (Å²) in [5.41, 5.74) is 0.658. The second kappa shape index (κ2) is 5.52. The molecule has 15 heavy (non-hydrogen) atoms. The van der Waals surface area contributed by atoms with Gasteiger partial charge in [-0.15, -0.1) is 0 Å². The Morgan fingerprint density at radius 3 is 2.73 bits per heavy atom. The normalized spacial score (nSPS) is 10.5. The molecule has 0 spiro atoms. The first-order valence-electron chi connectivity index (χ1n) is 4.74. The molecule has 1 aromatic carbocycles. The number of amides is 1. The molecule has 1 N–H and O–H groups in total. The van der Waals surface area contributed by atoms with Crippen LogP contribution < -0.4 is 5.32 Å². The van der Waals surface area contributed by atoms with Crippen LogP contribution >= 0.6 is 27.5 Å². The molecular weight excluding hydrogens is 277 g/mol. The van der Waals surface area contributed by atoms with Crippen molar-refractivity contribution in [2.45, 2.75) is 20.3 Å². The Morgan fingerprint density at radius 2 is 2.20 bits per heavy atom. The summed E-state index contributed by atoms with van der Waals surface area (Å²) in [6.45, 7) is 4.01. The molecule has 82 valence electrons. The van der Waals surface area contributed by atoms with Gasteiger partial charge in [0.15, 0.2) is 0 Å². The highest BCUT2D eigenvalue weighted by Crippen LogP contribution is 2.25. The second-order valence-corrected chi connectivity index (χ2v) is 5.09. The lowest BCUT2D eigenvalue weighted by Crippen LogP contribution is -2.14. The monoisotopic (exact) mass is 289 g/mol. The molecule has 1 aromatic rings. The molecule has 0 aliphatic heterocycles. The zero-order valence-corrected chi connectivity index (χ0v) is 11.0. The Kier molecular flexibility index (Phi) is 4.61. The van der Waals surface area contributed by atoms with Gasteiger partial charge in [-0.25, -0.2) is 0 Å². The van der Waals surface area contributed by atoms with Gasteiger partial charge in [0, 0.05) is 10.9 Å². The van der Waals surface area contributed by atoms with Crippen LogP contribution in [-0.4, -0.2) is 5.91 Å². The quantitative estimate of drug-likeness (QED) is 0.892. The number of hydrogen-bond donors (Lipinski definition) is 1. The maximum absolute atomic E-state index is 11.5. The summed E-state index contributed by atoms with van der Waals surface area (Å²) in [6.07, 6.45) is 0.506. The van der Waals surface area contributed by atoms with Crippen LogP contribution in [0, 0.1) is 5.92 Å². The number of hydrogen-bond acceptors (Lipinski definition) is 1. The highest BCUT2D eigenvalue weighted by molar-refractivity contribution is 9.10. The van der Waals surface area contributed by atoms with Crippen molar-refractivity contribution in [1.82, 2.24) is 0 Å². The summed E-state index contributed by atoms with van der Waals surface area (Å²) in [5, 5.41) is 3.32. The van der Waals surface area contributed by atoms with E-state index in [1.807, 2.05) is 19.9 Å². The predicted octanol–water partition coefficient (Wildman–Crippen LogP) is 4.09. The molecule has 2 nitrogen and oxygen atoms in total. The Balaban J connectivity index is 2.68. The van der Waals surface area contributed by atoms with Crippen molar-refractivity contribution in [3.05, 3.63) is 27.7 Å². The SMILES string of the molecule is CC(C)CC(=O)Nc1ccc(Br)cc1Cl. The molecule has 0 saturated heterocycles. The van der Waals surface area contributed by atoms with Crippen LogP contribution in [0.4, 0.5) is 5.69 Å². The van der Waals surface area contributed by atoms with E-state index in [9.17, 15) is 4.79 Å². The summed E-state index contributed by atoms with van der Waals surface area (Å²) < 4.78 is 0.898. The van der Waals surface area contributed by atoms with Crippen LogP contribution in [-0.2, 0) is 4.79 Å². The van der Waals surface area contributed by atoms with Gasteiger partial charge in [0.25, 0.3) is 0 Å². The van der Waals surface area contributed by atoms with Crippen molar-refractivity contribution >= 4 is 39.1 Å². The summed E-state index contributed by atoms with van der Waals surface area (Å²) in [4.78, 5) is 11.5. The molecule has 1 amide bonds. The smallest absolute Gasteiger partial charge is 0.224 e. The van der Waals surface area contributed by atoms with E-state index >= 15 is 0 Å². The van der Waals surface area contributed by atoms with Gasteiger partial charge in [0.2, 0.25) is 5.91 Å². The third-order valence-electron chi connectivity index (χ3n) is 1.80. The first-order valence-corrected chi connectivity index (χ1v) is 5.91. The number of rotatable bonds is 3. The van der Waals surface area contributed by atoms with Crippen molar-refractivity contribution in [1.29, 1.82) is 0 Å². The first-order chi connectivity index (χ1) is 6.99. The van der Waals surface area contributed by atoms with Gasteiger partial charge in [-0.1, -0.05) is 41.4 Å². The number of nitrogens with one attached hydrogen (secondary N) is 1. The van der Waals surface area contributed by atoms with E-state index in [2.05, 4.69) is 21.2 Å². The largest absolute Gasteiger partial charge is 0.325 e. The molecule has 0 fully saturated rings. The van der Waals surface area contributed by atoms with Crippen molar-refractivity contribution in [2.75, 3.05) is 5.32 Å². The van der Waals surface area contributed by atoms with E-state index in [-0.39, 0.29) is 5.91 Å². The average Bonchev–Trinajstić information content (AvgIpc) is 2.08. The van der Waals surface area contributed by atoms with E-state index in [4.69, 9.17) is 11.6 Å². The van der Waals surface area contributed by atoms with Crippen LogP contribution in [0.2, 0.25) is 5.02 Å². The molecule has 0 aromatic heterocycles. The zero-order chi connectivity index (χ0) is 11.4. The van der Waals surface area contributed by atoms with E-state index in [1.54, 1.807) is 12.1 Å². The summed E-state index contributed by atoms with van der Waals surface area (Å²) in [7, 11) is 0. The van der Waals surface area contributed by atoms with E-state index in [1.165, 1.54) is 0 Å². The number of anilines is 1. The molecule has 0 radical (unpaired) electrons. The average molecular weight is 291 g/mol. The molecule has 4 heteroatoms. The Bertz CT molecular complexity index is 366. The minimum Gasteiger partial charge on any atom is -0.325 e. The molecular formula is C11H13BrClNO. The van der Waals surface area contributed by atoms with Gasteiger partial charge in [-0.05, 0) is 24.1 Å². The van der Waals surface area contributed by atoms with Gasteiger partial charge in [0.1, 0.15) is 0 Å². The molecule has 0 atom stereocenters. The summed E-state index contributed by atoms with van der Waals surface area (Å²) in [5.74, 6) is 0.341. The highest BCUT2D eigenvalue weighted by Gasteiger charge is 2.07. The van der Waals surface area contributed by atoms with Crippen molar-refractivity contribution in [3.8, 4) is 0 Å². The van der Waals surface area contributed by atoms with Crippen LogP contribution in [0.1, 0.15) is 20.3 Å². The molecule has 0 bridgehead atoms. The third-order valence-corrected chi connectivity index (χ3v) is 2.60. The van der Waals surface area contributed by atoms with Crippen LogP contribution in [0.3, 0.4) is 0 Å². The maximum atomic E-state index is 11.5. The van der Waals surface area contributed by atoms with Gasteiger partial charge in [0.05, 0.1) is 10.7 Å². The molecule has 0 saturated carbocycles. The lowest BCUT2D eigenvalue weighted by Gasteiger charge is -2.08. The summed E-state index contributed by atoms with van der Waals surface area (Å²) >= 11 is 9.27. The van der Waals surface area contributed by atoms with Gasteiger partial charge >= 0.3 is 0 Å². The van der Waals surface area contributed by atoms with Crippen molar-refractivity contribution in [3.63, 3.8) is 0 Å². The minimum atomic E-state index is -0.00535. The first kappa shape index (κ1) is 12.5. The lowest BCUT2D eigenvalue weighted by atomic mass is 10.1. The molecule has 1 rings (SSSR count). The van der Waals surface area contributed by atoms with Crippen LogP contribution in [0.5, 0.6) is 0 Å². The van der Waals surface area contributed by atoms with Gasteiger partial charge < -0.3 is 5.32 Å². The minimum absolute atomic E-state index is 0.00535. The topological polar surface area (TPSA) is 29.1 Å². The Labute approximate surface area is 103 Å². The third kappa shape index (κ3) is 4.22. The van der Waals surface area contributed by atoms with Gasteiger partial charge in [-0.3, -0.25) is 4.79 Å². The van der Waals surface area contributed by atoms with Crippen LogP contribution in [0.15, 0.2) is 22.7 Å². The van der Waals surface area contributed by atoms with E-state index in [0.717, 1.165) is 4.47 Å². The van der Waals surface area contributed by atoms with Crippen LogP contribution in [0.25, 0.3) is 0 Å². The number of carbonyl (C=O) groups excluding carboxylic acids is 1. The fourth-order valence-corrected chi connectivity index (χ4v) is 1.88.